The Morgan fingerprint density at radius 3 is 2.67 bits per heavy atom. The summed E-state index contributed by atoms with van der Waals surface area (Å²) < 4.78 is 13.3. The summed E-state index contributed by atoms with van der Waals surface area (Å²) in [6.07, 6.45) is 0. The van der Waals surface area contributed by atoms with Crippen LogP contribution in [0.3, 0.4) is 0 Å². The zero-order valence-corrected chi connectivity index (χ0v) is 11.2. The molecule has 0 spiro atoms. The van der Waals surface area contributed by atoms with Crippen molar-refractivity contribution in [3.8, 4) is 0 Å². The van der Waals surface area contributed by atoms with Crippen molar-refractivity contribution in [3.63, 3.8) is 0 Å². The molecule has 0 aliphatic rings. The second-order valence-electron chi connectivity index (χ2n) is 3.52. The van der Waals surface area contributed by atoms with E-state index >= 15 is 0 Å². The van der Waals surface area contributed by atoms with E-state index in [1.165, 1.54) is 13.1 Å². The summed E-state index contributed by atoms with van der Waals surface area (Å²) >= 11 is 2.94. The largest absolute Gasteiger partial charge is 0.368 e. The zero-order chi connectivity index (χ0) is 13.9. The summed E-state index contributed by atoms with van der Waals surface area (Å²) in [4.78, 5) is 21.4. The number of halogens is 2. The van der Waals surface area contributed by atoms with Crippen molar-refractivity contribution in [2.75, 3.05) is 12.4 Å². The molecule has 1 aromatic rings. The summed E-state index contributed by atoms with van der Waals surface area (Å²) in [6.45, 7) is 1.54. The van der Waals surface area contributed by atoms with Gasteiger partial charge in [0.25, 0.3) is 5.69 Å². The van der Waals surface area contributed by atoms with Crippen LogP contribution in [-0.4, -0.2) is 23.9 Å². The third-order valence-corrected chi connectivity index (χ3v) is 2.85. The van der Waals surface area contributed by atoms with E-state index in [4.69, 9.17) is 0 Å². The first kappa shape index (κ1) is 14.4. The maximum atomic E-state index is 13.2. The molecular weight excluding hydrogens is 309 g/mol. The zero-order valence-electron chi connectivity index (χ0n) is 9.66. The highest BCUT2D eigenvalue weighted by Crippen LogP contribution is 2.30. The summed E-state index contributed by atoms with van der Waals surface area (Å²) in [7, 11) is 1.45. The van der Waals surface area contributed by atoms with E-state index in [-0.39, 0.29) is 16.1 Å². The molecule has 0 saturated heterocycles. The van der Waals surface area contributed by atoms with Gasteiger partial charge in [0.1, 0.15) is 17.5 Å². The van der Waals surface area contributed by atoms with E-state index in [1.54, 1.807) is 6.92 Å². The van der Waals surface area contributed by atoms with Gasteiger partial charge in [0.15, 0.2) is 0 Å². The average molecular weight is 320 g/mol. The number of hydrogen-bond donors (Lipinski definition) is 2. The number of rotatable bonds is 4. The van der Waals surface area contributed by atoms with Crippen LogP contribution >= 0.6 is 15.9 Å². The fourth-order valence-corrected chi connectivity index (χ4v) is 1.66. The highest BCUT2D eigenvalue weighted by atomic mass is 79.9. The molecule has 0 saturated carbocycles. The number of hydrogen-bond acceptors (Lipinski definition) is 4. The van der Waals surface area contributed by atoms with Gasteiger partial charge in [-0.2, -0.15) is 0 Å². The molecule has 18 heavy (non-hydrogen) atoms. The number of nitrogens with zero attached hydrogens (tertiary/aromatic N) is 1. The minimum absolute atomic E-state index is 0.0735. The fourth-order valence-electron chi connectivity index (χ4n) is 1.32. The van der Waals surface area contributed by atoms with Crippen LogP contribution in [0.15, 0.2) is 16.6 Å². The van der Waals surface area contributed by atoms with E-state index in [0.29, 0.717) is 0 Å². The van der Waals surface area contributed by atoms with Gasteiger partial charge in [-0.15, -0.1) is 0 Å². The van der Waals surface area contributed by atoms with Crippen LogP contribution in [0.1, 0.15) is 6.92 Å². The van der Waals surface area contributed by atoms with E-state index < -0.39 is 22.5 Å². The number of nitro benzene ring substituents is 1. The molecule has 98 valence electrons. The van der Waals surface area contributed by atoms with E-state index in [9.17, 15) is 19.3 Å². The number of nitro groups is 1. The molecule has 1 rings (SSSR count). The summed E-state index contributed by atoms with van der Waals surface area (Å²) in [5.74, 6) is -1.07. The molecular formula is C10H11BrFN3O3. The first-order valence-electron chi connectivity index (χ1n) is 4.98. The molecule has 1 aromatic carbocycles. The normalized spacial score (nSPS) is 11.8. The SMILES string of the molecule is CNC(=O)C(C)Nc1cc(Br)c(F)cc1[N+](=O)[O-]. The third kappa shape index (κ3) is 3.16. The van der Waals surface area contributed by atoms with Crippen LogP contribution in [0.5, 0.6) is 0 Å². The minimum atomic E-state index is -0.736. The molecule has 0 aromatic heterocycles. The lowest BCUT2D eigenvalue weighted by Crippen LogP contribution is -2.35. The highest BCUT2D eigenvalue weighted by molar-refractivity contribution is 9.10. The number of nitrogens with one attached hydrogen (secondary N) is 2. The topological polar surface area (TPSA) is 84.3 Å². The molecule has 1 amide bonds. The minimum Gasteiger partial charge on any atom is -0.368 e. The molecule has 0 fully saturated rings. The summed E-state index contributed by atoms with van der Waals surface area (Å²) in [5.41, 5.74) is -0.351. The Hall–Kier alpha value is -1.70. The van der Waals surface area contributed by atoms with Gasteiger partial charge < -0.3 is 10.6 Å². The summed E-state index contributed by atoms with van der Waals surface area (Å²) in [5, 5.41) is 15.9. The van der Waals surface area contributed by atoms with Crippen molar-refractivity contribution < 1.29 is 14.1 Å². The van der Waals surface area contributed by atoms with Crippen molar-refractivity contribution in [2.24, 2.45) is 0 Å². The monoisotopic (exact) mass is 319 g/mol. The van der Waals surface area contributed by atoms with Crippen molar-refractivity contribution >= 4 is 33.2 Å². The van der Waals surface area contributed by atoms with Crippen molar-refractivity contribution in [1.29, 1.82) is 0 Å². The molecule has 0 heterocycles. The van der Waals surface area contributed by atoms with Gasteiger partial charge in [-0.1, -0.05) is 0 Å². The Kier molecular flexibility index (Phi) is 4.60. The second kappa shape index (κ2) is 5.76. The van der Waals surface area contributed by atoms with Crippen LogP contribution in [0, 0.1) is 15.9 Å². The molecule has 8 heteroatoms. The first-order valence-corrected chi connectivity index (χ1v) is 5.77. The molecule has 0 aliphatic carbocycles. The average Bonchev–Trinajstić information content (AvgIpc) is 2.31. The number of anilines is 1. The summed E-state index contributed by atoms with van der Waals surface area (Å²) in [6, 6.07) is 1.35. The second-order valence-corrected chi connectivity index (χ2v) is 4.38. The third-order valence-electron chi connectivity index (χ3n) is 2.25. The van der Waals surface area contributed by atoms with Crippen LogP contribution in [-0.2, 0) is 4.79 Å². The Morgan fingerprint density at radius 2 is 2.17 bits per heavy atom. The smallest absolute Gasteiger partial charge is 0.295 e. The van der Waals surface area contributed by atoms with E-state index in [2.05, 4.69) is 26.6 Å². The Bertz CT molecular complexity index is 496. The quantitative estimate of drug-likeness (QED) is 0.657. The molecule has 6 nitrogen and oxygen atoms in total. The van der Waals surface area contributed by atoms with Gasteiger partial charge in [0.05, 0.1) is 15.5 Å². The molecule has 2 N–H and O–H groups in total. The van der Waals surface area contributed by atoms with Gasteiger partial charge in [0.2, 0.25) is 5.91 Å². The van der Waals surface area contributed by atoms with Gasteiger partial charge in [-0.3, -0.25) is 14.9 Å². The van der Waals surface area contributed by atoms with Gasteiger partial charge in [0, 0.05) is 7.05 Å². The van der Waals surface area contributed by atoms with Gasteiger partial charge >= 0.3 is 0 Å². The Morgan fingerprint density at radius 1 is 1.56 bits per heavy atom. The standard InChI is InChI=1S/C10H11BrFN3O3/c1-5(10(16)13-2)14-8-3-6(11)7(12)4-9(8)15(17)18/h3-5,14H,1-2H3,(H,13,16). The predicted molar refractivity (Wildman–Crippen MR) is 67.9 cm³/mol. The molecule has 0 bridgehead atoms. The van der Waals surface area contributed by atoms with Gasteiger partial charge in [-0.05, 0) is 28.9 Å². The lowest BCUT2D eigenvalue weighted by molar-refractivity contribution is -0.384. The molecule has 0 radical (unpaired) electrons. The number of benzene rings is 1. The van der Waals surface area contributed by atoms with Crippen molar-refractivity contribution in [2.45, 2.75) is 13.0 Å². The van der Waals surface area contributed by atoms with Crippen LogP contribution in [0.25, 0.3) is 0 Å². The lowest BCUT2D eigenvalue weighted by Gasteiger charge is -2.14. The van der Waals surface area contributed by atoms with Crippen LogP contribution < -0.4 is 10.6 Å². The maximum Gasteiger partial charge on any atom is 0.295 e. The molecule has 1 unspecified atom stereocenters. The van der Waals surface area contributed by atoms with Gasteiger partial charge in [-0.25, -0.2) is 4.39 Å². The Balaban J connectivity index is 3.11. The maximum absolute atomic E-state index is 13.2. The van der Waals surface area contributed by atoms with Crippen LogP contribution in [0.4, 0.5) is 15.8 Å². The van der Waals surface area contributed by atoms with E-state index in [0.717, 1.165) is 6.07 Å². The van der Waals surface area contributed by atoms with E-state index in [1.807, 2.05) is 0 Å². The van der Waals surface area contributed by atoms with Crippen molar-refractivity contribution in [3.05, 3.63) is 32.5 Å². The first-order chi connectivity index (χ1) is 8.36. The Labute approximate surface area is 111 Å². The lowest BCUT2D eigenvalue weighted by atomic mass is 10.2. The number of amides is 1. The predicted octanol–water partition coefficient (Wildman–Crippen LogP) is 2.04. The highest BCUT2D eigenvalue weighted by Gasteiger charge is 2.20. The number of carbonyl (C=O) groups is 1. The van der Waals surface area contributed by atoms with Crippen LogP contribution in [0.2, 0.25) is 0 Å². The van der Waals surface area contributed by atoms with Crippen molar-refractivity contribution in [1.82, 2.24) is 5.32 Å². The number of likely N-dealkylation sites (N-methyl/N-ethyl adjacent to an activating group) is 1. The molecule has 0 aliphatic heterocycles. The molecule has 1 atom stereocenters. The fraction of sp³-hybridized carbons (Fsp3) is 0.300. The number of carbonyl (C=O) groups excluding carboxylic acids is 1.